The van der Waals surface area contributed by atoms with Gasteiger partial charge in [0.1, 0.15) is 23.2 Å². The minimum Gasteiger partial charge on any atom is -0.405 e. The number of rotatable bonds is 9. The molecule has 4 bridgehead atoms. The highest BCUT2D eigenvalue weighted by atomic mass is 19.4. The normalized spacial score (nSPS) is 32.4. The van der Waals surface area contributed by atoms with Gasteiger partial charge in [0.25, 0.3) is 0 Å². The third kappa shape index (κ3) is 6.38. The topological polar surface area (TPSA) is 115 Å². The summed E-state index contributed by atoms with van der Waals surface area (Å²) in [6.45, 7) is 0.757. The van der Waals surface area contributed by atoms with E-state index in [4.69, 9.17) is 0 Å². The zero-order valence-corrected chi connectivity index (χ0v) is 23.0. The fourth-order valence-corrected chi connectivity index (χ4v) is 8.20. The Kier molecular flexibility index (Phi) is 7.72. The van der Waals surface area contributed by atoms with E-state index in [0.717, 1.165) is 51.0 Å². The Morgan fingerprint density at radius 2 is 1.78 bits per heavy atom. The Bertz CT molecular complexity index is 1260. The number of aliphatic hydroxyl groups is 1. The summed E-state index contributed by atoms with van der Waals surface area (Å²) in [5, 5.41) is 30.0. The molecule has 1 unspecified atom stereocenters. The molecule has 1 heterocycles. The molecule has 5 aliphatic carbocycles. The lowest BCUT2D eigenvalue weighted by molar-refractivity contribution is -0.274. The zero-order valence-electron chi connectivity index (χ0n) is 23.0. The number of nitrogens with zero attached hydrogens (tertiary/aromatic N) is 3. The van der Waals surface area contributed by atoms with Gasteiger partial charge in [0.05, 0.1) is 12.3 Å². The summed E-state index contributed by atoms with van der Waals surface area (Å²) in [6.07, 6.45) is 6.42. The van der Waals surface area contributed by atoms with Gasteiger partial charge >= 0.3 is 6.36 Å². The number of alkyl halides is 3. The Labute approximate surface area is 238 Å². The summed E-state index contributed by atoms with van der Waals surface area (Å²) < 4.78 is 42.5. The molecule has 0 radical (unpaired) electrons. The van der Waals surface area contributed by atoms with Crippen molar-refractivity contribution < 1.29 is 23.0 Å². The lowest BCUT2D eigenvalue weighted by Gasteiger charge is -2.61. The van der Waals surface area contributed by atoms with E-state index in [2.05, 4.69) is 36.7 Å². The molecule has 2 aromatic rings. The molecule has 11 heteroatoms. The quantitative estimate of drug-likeness (QED) is 0.319. The number of aromatic nitrogens is 2. The van der Waals surface area contributed by atoms with Gasteiger partial charge in [-0.05, 0) is 87.0 Å². The van der Waals surface area contributed by atoms with Crippen molar-refractivity contribution in [3.8, 4) is 11.8 Å². The third-order valence-corrected chi connectivity index (χ3v) is 9.70. The first-order chi connectivity index (χ1) is 19.7. The molecule has 0 spiro atoms. The number of halogens is 3. The standard InChI is InChI=1S/C30H37F3N6O2/c31-30(32,33)41-25-4-2-1-3-19(25)15-35-28-36-16-22(14-34)27(39-28)37-17-29-11-18-9-20(12-29)26(21(10-18)13-29)38-23-5-7-24(40)8-6-23/h1-4,16,18,20-21,23-24,26,38,40H,5-13,15,17H2,(H2,35,36,37,39)/t18?,20-,21+,23-,24-,26+,29+. The number of ether oxygens (including phenoxy) is 1. The molecule has 4 N–H and O–H groups in total. The Balaban J connectivity index is 1.10. The SMILES string of the molecule is N#Cc1cnc(NCc2ccccc2OC(F)(F)F)nc1NC[C@@]12CC3C[C@H](C1)[C@H](N[C@H]1CC[C@H](O)CC1)[C@@H](C3)C2. The summed E-state index contributed by atoms with van der Waals surface area (Å²) in [5.74, 6) is 2.41. The molecule has 5 fully saturated rings. The van der Waals surface area contributed by atoms with Crippen molar-refractivity contribution in [1.29, 1.82) is 5.26 Å². The van der Waals surface area contributed by atoms with Gasteiger partial charge < -0.3 is 25.8 Å². The molecule has 0 aliphatic heterocycles. The molecule has 220 valence electrons. The van der Waals surface area contributed by atoms with Crippen molar-refractivity contribution >= 4 is 11.8 Å². The summed E-state index contributed by atoms with van der Waals surface area (Å²) >= 11 is 0. The van der Waals surface area contributed by atoms with Gasteiger partial charge in [-0.2, -0.15) is 10.2 Å². The molecule has 5 atom stereocenters. The molecule has 1 aromatic heterocycles. The highest BCUT2D eigenvalue weighted by Gasteiger charge is 2.55. The maximum atomic E-state index is 12.8. The number of nitriles is 1. The van der Waals surface area contributed by atoms with E-state index in [0.29, 0.717) is 40.9 Å². The maximum absolute atomic E-state index is 12.8. The van der Waals surface area contributed by atoms with Gasteiger partial charge in [0.15, 0.2) is 0 Å². The predicted octanol–water partition coefficient (Wildman–Crippen LogP) is 5.36. The van der Waals surface area contributed by atoms with E-state index >= 15 is 0 Å². The van der Waals surface area contributed by atoms with Crippen molar-refractivity contribution in [2.45, 2.75) is 88.9 Å². The van der Waals surface area contributed by atoms with Gasteiger partial charge in [-0.3, -0.25) is 0 Å². The largest absolute Gasteiger partial charge is 0.573 e. The highest BCUT2D eigenvalue weighted by Crippen LogP contribution is 2.60. The molecule has 7 rings (SSSR count). The monoisotopic (exact) mass is 570 g/mol. The van der Waals surface area contributed by atoms with Crippen LogP contribution in [0.15, 0.2) is 30.5 Å². The molecule has 8 nitrogen and oxygen atoms in total. The second-order valence-electron chi connectivity index (χ2n) is 12.6. The summed E-state index contributed by atoms with van der Waals surface area (Å²) in [5.41, 5.74) is 0.810. The van der Waals surface area contributed by atoms with Gasteiger partial charge in [-0.25, -0.2) is 4.98 Å². The van der Waals surface area contributed by atoms with Crippen LogP contribution in [0.3, 0.4) is 0 Å². The number of nitrogens with one attached hydrogen (secondary N) is 3. The molecular formula is C30H37F3N6O2. The molecule has 0 saturated heterocycles. The van der Waals surface area contributed by atoms with E-state index in [1.165, 1.54) is 37.6 Å². The molecule has 1 aromatic carbocycles. The average molecular weight is 571 g/mol. The van der Waals surface area contributed by atoms with Crippen LogP contribution >= 0.6 is 0 Å². The number of hydrogen-bond donors (Lipinski definition) is 4. The van der Waals surface area contributed by atoms with Crippen LogP contribution in [-0.4, -0.2) is 46.2 Å². The van der Waals surface area contributed by atoms with E-state index in [1.54, 1.807) is 12.1 Å². The van der Waals surface area contributed by atoms with Crippen molar-refractivity contribution in [2.24, 2.45) is 23.2 Å². The second kappa shape index (κ2) is 11.3. The Morgan fingerprint density at radius 1 is 1.05 bits per heavy atom. The van der Waals surface area contributed by atoms with Crippen molar-refractivity contribution in [1.82, 2.24) is 15.3 Å². The lowest BCUT2D eigenvalue weighted by Crippen LogP contribution is -2.61. The molecule has 41 heavy (non-hydrogen) atoms. The summed E-state index contributed by atoms with van der Waals surface area (Å²) in [4.78, 5) is 8.73. The van der Waals surface area contributed by atoms with E-state index in [9.17, 15) is 23.5 Å². The van der Waals surface area contributed by atoms with E-state index in [1.807, 2.05) is 0 Å². The molecule has 5 aliphatic rings. The smallest absolute Gasteiger partial charge is 0.405 e. The van der Waals surface area contributed by atoms with Crippen LogP contribution in [0, 0.1) is 34.5 Å². The average Bonchev–Trinajstić information content (AvgIpc) is 2.93. The van der Waals surface area contributed by atoms with E-state index < -0.39 is 6.36 Å². The highest BCUT2D eigenvalue weighted by molar-refractivity contribution is 5.53. The lowest BCUT2D eigenvalue weighted by atomic mass is 9.47. The first kappa shape index (κ1) is 28.0. The number of hydrogen-bond acceptors (Lipinski definition) is 8. The van der Waals surface area contributed by atoms with Crippen LogP contribution < -0.4 is 20.7 Å². The first-order valence-corrected chi connectivity index (χ1v) is 14.7. The van der Waals surface area contributed by atoms with Gasteiger partial charge in [-0.1, -0.05) is 18.2 Å². The van der Waals surface area contributed by atoms with Crippen LogP contribution in [0.2, 0.25) is 0 Å². The fraction of sp³-hybridized carbons (Fsp3) is 0.633. The maximum Gasteiger partial charge on any atom is 0.573 e. The van der Waals surface area contributed by atoms with Crippen LogP contribution in [-0.2, 0) is 6.54 Å². The minimum atomic E-state index is -4.79. The first-order valence-electron chi connectivity index (χ1n) is 14.7. The Hall–Kier alpha value is -3.10. The van der Waals surface area contributed by atoms with Gasteiger partial charge in [-0.15, -0.1) is 13.2 Å². The molecule has 5 saturated carbocycles. The summed E-state index contributed by atoms with van der Waals surface area (Å²) in [7, 11) is 0. The Morgan fingerprint density at radius 3 is 2.49 bits per heavy atom. The predicted molar refractivity (Wildman–Crippen MR) is 147 cm³/mol. The van der Waals surface area contributed by atoms with Gasteiger partial charge in [0.2, 0.25) is 5.95 Å². The number of benzene rings is 1. The van der Waals surface area contributed by atoms with Crippen molar-refractivity contribution in [3.63, 3.8) is 0 Å². The number of anilines is 2. The fourth-order valence-electron chi connectivity index (χ4n) is 8.20. The molecular weight excluding hydrogens is 533 g/mol. The van der Waals surface area contributed by atoms with E-state index in [-0.39, 0.29) is 29.8 Å². The zero-order chi connectivity index (χ0) is 28.6. The van der Waals surface area contributed by atoms with Crippen LogP contribution in [0.25, 0.3) is 0 Å². The van der Waals surface area contributed by atoms with Gasteiger partial charge in [0, 0.05) is 30.7 Å². The van der Waals surface area contributed by atoms with Crippen LogP contribution in [0.1, 0.15) is 68.9 Å². The second-order valence-corrected chi connectivity index (χ2v) is 12.6. The minimum absolute atomic E-state index is 0.0287. The third-order valence-electron chi connectivity index (χ3n) is 9.70. The summed E-state index contributed by atoms with van der Waals surface area (Å²) in [6, 6.07) is 9.14. The van der Waals surface area contributed by atoms with Crippen LogP contribution in [0.5, 0.6) is 5.75 Å². The van der Waals surface area contributed by atoms with Crippen molar-refractivity contribution in [3.05, 3.63) is 41.6 Å². The number of aliphatic hydroxyl groups excluding tert-OH is 1. The molecule has 0 amide bonds. The van der Waals surface area contributed by atoms with Crippen LogP contribution in [0.4, 0.5) is 24.9 Å². The van der Waals surface area contributed by atoms with Crippen molar-refractivity contribution in [2.75, 3.05) is 17.2 Å². The number of para-hydroxylation sites is 1.